The molecule has 0 spiro atoms. The first kappa shape index (κ1) is 21.5. The van der Waals surface area contributed by atoms with Gasteiger partial charge in [0.25, 0.3) is 0 Å². The highest BCUT2D eigenvalue weighted by Crippen LogP contribution is 2.30. The Morgan fingerprint density at radius 1 is 0.903 bits per heavy atom. The molecule has 0 aliphatic rings. The molecule has 0 N–H and O–H groups in total. The van der Waals surface area contributed by atoms with Gasteiger partial charge in [0.1, 0.15) is 12.4 Å². The van der Waals surface area contributed by atoms with E-state index in [1.54, 1.807) is 12.1 Å². The van der Waals surface area contributed by atoms with Crippen molar-refractivity contribution in [3.05, 3.63) is 110 Å². The van der Waals surface area contributed by atoms with Crippen molar-refractivity contribution >= 4 is 61.6 Å². The van der Waals surface area contributed by atoms with Crippen LogP contribution < -0.4 is 4.74 Å². The lowest BCUT2D eigenvalue weighted by Crippen LogP contribution is -1.96. The lowest BCUT2D eigenvalue weighted by atomic mass is 10.0. The Balaban J connectivity index is 1.54. The third-order valence-electron chi connectivity index (χ3n) is 4.83. The van der Waals surface area contributed by atoms with Gasteiger partial charge in [0.05, 0.1) is 26.2 Å². The summed E-state index contributed by atoms with van der Waals surface area (Å²) in [4.78, 5) is 0. The van der Waals surface area contributed by atoms with Crippen molar-refractivity contribution in [3.63, 3.8) is 0 Å². The smallest absolute Gasteiger partial charge is 0.134 e. The molecule has 5 heteroatoms. The van der Waals surface area contributed by atoms with Gasteiger partial charge in [0.2, 0.25) is 0 Å². The third-order valence-corrected chi connectivity index (χ3v) is 6.18. The summed E-state index contributed by atoms with van der Waals surface area (Å²) in [6.45, 7) is 0.366. The molecule has 0 atom stereocenters. The fourth-order valence-electron chi connectivity index (χ4n) is 3.22. The van der Waals surface area contributed by atoms with E-state index in [0.717, 1.165) is 31.9 Å². The highest BCUT2D eigenvalue weighted by Gasteiger charge is 2.07. The molecule has 31 heavy (non-hydrogen) atoms. The highest BCUT2D eigenvalue weighted by atomic mass is 79.9. The van der Waals surface area contributed by atoms with E-state index >= 15 is 0 Å². The molecule has 0 aliphatic heterocycles. The molecular weight excluding hydrogens is 493 g/mol. The molecule has 0 radical (unpaired) electrons. The Morgan fingerprint density at radius 3 is 2.45 bits per heavy atom. The van der Waals surface area contributed by atoms with Crippen molar-refractivity contribution in [2.45, 2.75) is 6.61 Å². The van der Waals surface area contributed by atoms with E-state index < -0.39 is 0 Å². The van der Waals surface area contributed by atoms with Crippen molar-refractivity contribution in [2.75, 3.05) is 0 Å². The van der Waals surface area contributed by atoms with Gasteiger partial charge in [-0.2, -0.15) is 5.26 Å². The summed E-state index contributed by atoms with van der Waals surface area (Å²) in [5, 5.41) is 13.0. The Bertz CT molecular complexity index is 1340. The van der Waals surface area contributed by atoms with Crippen LogP contribution in [0.1, 0.15) is 16.7 Å². The van der Waals surface area contributed by atoms with Crippen LogP contribution in [0.5, 0.6) is 5.75 Å². The number of benzene rings is 4. The van der Waals surface area contributed by atoms with Gasteiger partial charge in [-0.15, -0.1) is 0 Å². The minimum Gasteiger partial charge on any atom is -0.488 e. The number of ether oxygens (including phenoxy) is 1. The molecule has 4 aromatic rings. The maximum Gasteiger partial charge on any atom is 0.134 e. The van der Waals surface area contributed by atoms with Crippen LogP contribution in [0.4, 0.5) is 0 Å². The summed E-state index contributed by atoms with van der Waals surface area (Å²) in [7, 11) is 0. The van der Waals surface area contributed by atoms with E-state index in [2.05, 4.69) is 28.1 Å². The average molecular weight is 509 g/mol. The molecule has 0 heterocycles. The Morgan fingerprint density at radius 2 is 1.71 bits per heavy atom. The molecule has 2 nitrogen and oxygen atoms in total. The molecule has 0 bridgehead atoms. The molecule has 0 aliphatic carbocycles. The van der Waals surface area contributed by atoms with E-state index in [4.69, 9.17) is 27.9 Å². The van der Waals surface area contributed by atoms with Gasteiger partial charge in [-0.25, -0.2) is 0 Å². The van der Waals surface area contributed by atoms with Crippen molar-refractivity contribution < 1.29 is 4.74 Å². The lowest BCUT2D eigenvalue weighted by molar-refractivity contribution is 0.304. The summed E-state index contributed by atoms with van der Waals surface area (Å²) < 4.78 is 6.71. The second kappa shape index (κ2) is 9.58. The Hall–Kier alpha value is -2.77. The largest absolute Gasteiger partial charge is 0.488 e. The SMILES string of the molecule is N#C/C(=C/c1ccc(OCc2ccc(Cl)c(Cl)c2)c(Br)c1)c1ccc2ccccc2c1. The first-order valence-electron chi connectivity index (χ1n) is 9.51. The minimum absolute atomic E-state index is 0.366. The molecule has 0 amide bonds. The van der Waals surface area contributed by atoms with Crippen LogP contribution in [0.25, 0.3) is 22.4 Å². The number of hydrogen-bond donors (Lipinski definition) is 0. The molecule has 0 aromatic heterocycles. The van der Waals surface area contributed by atoms with Crippen LogP contribution >= 0.6 is 39.1 Å². The zero-order valence-corrected chi connectivity index (χ0v) is 19.4. The summed E-state index contributed by atoms with van der Waals surface area (Å²) in [6.07, 6.45) is 1.87. The number of nitriles is 1. The number of allylic oxidation sites excluding steroid dienone is 1. The van der Waals surface area contributed by atoms with Crippen LogP contribution in [0, 0.1) is 11.3 Å². The van der Waals surface area contributed by atoms with Crippen molar-refractivity contribution in [2.24, 2.45) is 0 Å². The van der Waals surface area contributed by atoms with E-state index in [9.17, 15) is 5.26 Å². The Labute approximate surface area is 199 Å². The molecule has 4 rings (SSSR count). The highest BCUT2D eigenvalue weighted by molar-refractivity contribution is 9.10. The maximum atomic E-state index is 9.71. The van der Waals surface area contributed by atoms with Crippen LogP contribution in [-0.2, 0) is 6.61 Å². The predicted molar refractivity (Wildman–Crippen MR) is 132 cm³/mol. The van der Waals surface area contributed by atoms with Gasteiger partial charge in [0.15, 0.2) is 0 Å². The van der Waals surface area contributed by atoms with Crippen LogP contribution in [-0.4, -0.2) is 0 Å². The van der Waals surface area contributed by atoms with Crippen LogP contribution in [0.15, 0.2) is 83.3 Å². The van der Waals surface area contributed by atoms with Crippen LogP contribution in [0.2, 0.25) is 10.0 Å². The van der Waals surface area contributed by atoms with Crippen molar-refractivity contribution in [3.8, 4) is 11.8 Å². The number of rotatable bonds is 5. The molecule has 0 unspecified atom stereocenters. The molecule has 0 saturated carbocycles. The first-order valence-corrected chi connectivity index (χ1v) is 11.1. The minimum atomic E-state index is 0.366. The third kappa shape index (κ3) is 5.11. The molecule has 4 aromatic carbocycles. The summed E-state index contributed by atoms with van der Waals surface area (Å²) in [5.74, 6) is 0.701. The van der Waals surface area contributed by atoms with Gasteiger partial charge in [-0.05, 0) is 79.8 Å². The second-order valence-electron chi connectivity index (χ2n) is 6.96. The average Bonchev–Trinajstić information content (AvgIpc) is 2.78. The van der Waals surface area contributed by atoms with Gasteiger partial charge < -0.3 is 4.74 Å². The topological polar surface area (TPSA) is 33.0 Å². The lowest BCUT2D eigenvalue weighted by Gasteiger charge is -2.10. The molecular formula is C26H16BrCl2NO. The van der Waals surface area contributed by atoms with Gasteiger partial charge in [-0.1, -0.05) is 71.7 Å². The van der Waals surface area contributed by atoms with Crippen molar-refractivity contribution in [1.29, 1.82) is 5.26 Å². The second-order valence-corrected chi connectivity index (χ2v) is 8.63. The maximum absolute atomic E-state index is 9.71. The van der Waals surface area contributed by atoms with Crippen LogP contribution in [0.3, 0.4) is 0 Å². The normalized spacial score (nSPS) is 11.4. The number of halogens is 3. The molecule has 152 valence electrons. The quantitative estimate of drug-likeness (QED) is 0.200. The predicted octanol–water partition coefficient (Wildman–Crippen LogP) is 8.55. The van der Waals surface area contributed by atoms with Gasteiger partial charge in [-0.3, -0.25) is 0 Å². The standard InChI is InChI=1S/C26H16BrCl2NO/c27-23-12-17(6-10-26(23)31-16-18-5-9-24(28)25(29)13-18)11-22(15-30)21-8-7-19-3-1-2-4-20(19)14-21/h1-14H,16H2/b22-11-. The molecule has 0 saturated heterocycles. The van der Waals surface area contributed by atoms with Gasteiger partial charge >= 0.3 is 0 Å². The fraction of sp³-hybridized carbons (Fsp3) is 0.0385. The molecule has 0 fully saturated rings. The van der Waals surface area contributed by atoms with E-state index in [-0.39, 0.29) is 0 Å². The summed E-state index contributed by atoms with van der Waals surface area (Å²) in [6, 6.07) is 27.6. The summed E-state index contributed by atoms with van der Waals surface area (Å²) in [5.41, 5.74) is 3.31. The zero-order valence-electron chi connectivity index (χ0n) is 16.3. The van der Waals surface area contributed by atoms with E-state index in [0.29, 0.717) is 28.0 Å². The first-order chi connectivity index (χ1) is 15.0. The zero-order chi connectivity index (χ0) is 21.8. The van der Waals surface area contributed by atoms with Gasteiger partial charge in [0, 0.05) is 0 Å². The fourth-order valence-corrected chi connectivity index (χ4v) is 4.05. The number of nitrogens with zero attached hydrogens (tertiary/aromatic N) is 1. The monoisotopic (exact) mass is 507 g/mol. The van der Waals surface area contributed by atoms with Crippen molar-refractivity contribution in [1.82, 2.24) is 0 Å². The Kier molecular flexibility index (Phi) is 6.63. The van der Waals surface area contributed by atoms with E-state index in [1.165, 1.54) is 0 Å². The number of fused-ring (bicyclic) bond motifs is 1. The number of hydrogen-bond acceptors (Lipinski definition) is 2. The summed E-state index contributed by atoms with van der Waals surface area (Å²) >= 11 is 15.6. The van der Waals surface area contributed by atoms with E-state index in [1.807, 2.05) is 66.7 Å².